The Morgan fingerprint density at radius 1 is 1.06 bits per heavy atom. The molecule has 1 unspecified atom stereocenters. The number of hydrogen-bond donors (Lipinski definition) is 0. The van der Waals surface area contributed by atoms with Gasteiger partial charge in [0.05, 0.1) is 25.0 Å². The Balaban J connectivity index is 1.35. The van der Waals surface area contributed by atoms with Gasteiger partial charge in [-0.25, -0.2) is 4.79 Å². The first-order valence-electron chi connectivity index (χ1n) is 12.2. The van der Waals surface area contributed by atoms with Crippen molar-refractivity contribution in [2.45, 2.75) is 50.7 Å². The maximum absolute atomic E-state index is 12.6. The molecule has 0 aromatic heterocycles. The van der Waals surface area contributed by atoms with Crippen LogP contribution in [0.5, 0.6) is 11.5 Å². The summed E-state index contributed by atoms with van der Waals surface area (Å²) in [6, 6.07) is 14.7. The molecular formula is C27H34N2O5. The highest BCUT2D eigenvalue weighted by Gasteiger charge is 2.22. The molecule has 34 heavy (non-hydrogen) atoms. The van der Waals surface area contributed by atoms with E-state index in [0.29, 0.717) is 17.9 Å². The zero-order valence-electron chi connectivity index (χ0n) is 19.9. The van der Waals surface area contributed by atoms with Crippen LogP contribution in [0.3, 0.4) is 0 Å². The highest BCUT2D eigenvalue weighted by atomic mass is 16.6. The molecule has 7 heteroatoms. The van der Waals surface area contributed by atoms with Gasteiger partial charge in [0.25, 0.3) is 0 Å². The van der Waals surface area contributed by atoms with E-state index in [9.17, 15) is 4.79 Å². The first-order chi connectivity index (χ1) is 16.7. The number of ether oxygens (including phenoxy) is 3. The van der Waals surface area contributed by atoms with Crippen LogP contribution < -0.4 is 9.47 Å². The van der Waals surface area contributed by atoms with Gasteiger partial charge in [-0.2, -0.15) is 0 Å². The molecule has 0 bridgehead atoms. The van der Waals surface area contributed by atoms with Crippen LogP contribution in [-0.4, -0.2) is 62.6 Å². The number of nitrogens with zero attached hydrogens (tertiary/aromatic N) is 2. The van der Waals surface area contributed by atoms with Crippen LogP contribution in [-0.2, 0) is 9.57 Å². The number of rotatable bonds is 11. The van der Waals surface area contributed by atoms with Crippen molar-refractivity contribution in [1.29, 1.82) is 0 Å². The number of likely N-dealkylation sites (tertiary alicyclic amines) is 1. The van der Waals surface area contributed by atoms with Crippen molar-refractivity contribution in [3.63, 3.8) is 0 Å². The third-order valence-electron chi connectivity index (χ3n) is 6.26. The van der Waals surface area contributed by atoms with E-state index in [1.807, 2.05) is 36.4 Å². The zero-order chi connectivity index (χ0) is 23.6. The third kappa shape index (κ3) is 6.97. The second kappa shape index (κ2) is 12.4. The van der Waals surface area contributed by atoms with E-state index in [4.69, 9.17) is 19.0 Å². The summed E-state index contributed by atoms with van der Waals surface area (Å²) >= 11 is 0. The molecule has 1 atom stereocenters. The molecule has 0 N–H and O–H groups in total. The number of oxime groups is 1. The lowest BCUT2D eigenvalue weighted by atomic mass is 10.2. The molecule has 2 aromatic rings. The standard InChI is InChI=1S/C27H34N2O5/c1-31-25-14-13-21(17-26(25)33-23-11-5-6-12-23)18-28-32-20-24(19-29-15-7-8-16-29)34-27(30)22-9-3-2-4-10-22/h2-4,9-10,13-14,17-18,23-24H,5-8,11-12,15-16,19-20H2,1H3/b28-18+. The van der Waals surface area contributed by atoms with E-state index in [1.165, 1.54) is 25.7 Å². The topological polar surface area (TPSA) is 69.6 Å². The summed E-state index contributed by atoms with van der Waals surface area (Å²) < 4.78 is 17.4. The average molecular weight is 467 g/mol. The highest BCUT2D eigenvalue weighted by molar-refractivity contribution is 5.89. The number of benzene rings is 2. The normalized spacial score (nSPS) is 17.7. The van der Waals surface area contributed by atoms with Crippen molar-refractivity contribution >= 4 is 12.2 Å². The summed E-state index contributed by atoms with van der Waals surface area (Å²) in [5.41, 5.74) is 1.39. The number of esters is 1. The van der Waals surface area contributed by atoms with Crippen LogP contribution in [0.15, 0.2) is 53.7 Å². The van der Waals surface area contributed by atoms with Gasteiger partial charge in [0, 0.05) is 12.1 Å². The number of methoxy groups -OCH3 is 1. The van der Waals surface area contributed by atoms with E-state index in [-0.39, 0.29) is 18.7 Å². The number of carbonyl (C=O) groups excluding carboxylic acids is 1. The molecule has 1 aliphatic heterocycles. The lowest BCUT2D eigenvalue weighted by Crippen LogP contribution is -2.36. The summed E-state index contributed by atoms with van der Waals surface area (Å²) in [6.45, 7) is 2.85. The number of carbonyl (C=O) groups is 1. The zero-order valence-corrected chi connectivity index (χ0v) is 19.9. The molecule has 2 aliphatic rings. The van der Waals surface area contributed by atoms with Gasteiger partial charge in [0.1, 0.15) is 0 Å². The van der Waals surface area contributed by atoms with E-state index < -0.39 is 6.10 Å². The lowest BCUT2D eigenvalue weighted by molar-refractivity contribution is -0.0128. The fraction of sp³-hybridized carbons (Fsp3) is 0.481. The molecule has 1 saturated carbocycles. The van der Waals surface area contributed by atoms with Gasteiger partial charge in [-0.3, -0.25) is 4.90 Å². The van der Waals surface area contributed by atoms with Crippen molar-refractivity contribution in [2.75, 3.05) is 33.4 Å². The van der Waals surface area contributed by atoms with Gasteiger partial charge in [0.2, 0.25) is 0 Å². The Hall–Kier alpha value is -3.06. The minimum atomic E-state index is -0.403. The van der Waals surface area contributed by atoms with Crippen LogP contribution in [0.2, 0.25) is 0 Å². The fourth-order valence-electron chi connectivity index (χ4n) is 4.45. The summed E-state index contributed by atoms with van der Waals surface area (Å²) in [6.07, 6.45) is 8.37. The molecule has 0 amide bonds. The van der Waals surface area contributed by atoms with Gasteiger partial charge in [0.15, 0.2) is 24.2 Å². The van der Waals surface area contributed by atoms with Crippen molar-refractivity contribution in [2.24, 2.45) is 5.16 Å². The SMILES string of the molecule is COc1ccc(/C=N/OCC(CN2CCCC2)OC(=O)c2ccccc2)cc1OC1CCCC1. The maximum atomic E-state index is 12.6. The Kier molecular flexibility index (Phi) is 8.79. The Morgan fingerprint density at radius 3 is 2.56 bits per heavy atom. The van der Waals surface area contributed by atoms with E-state index >= 15 is 0 Å². The summed E-state index contributed by atoms with van der Waals surface area (Å²) in [5.74, 6) is 1.09. The molecule has 7 nitrogen and oxygen atoms in total. The van der Waals surface area contributed by atoms with Crippen molar-refractivity contribution in [3.05, 3.63) is 59.7 Å². The summed E-state index contributed by atoms with van der Waals surface area (Å²) in [7, 11) is 1.64. The first-order valence-corrected chi connectivity index (χ1v) is 12.2. The predicted molar refractivity (Wildman–Crippen MR) is 131 cm³/mol. The minimum absolute atomic E-state index is 0.188. The molecule has 2 aromatic carbocycles. The smallest absolute Gasteiger partial charge is 0.338 e. The maximum Gasteiger partial charge on any atom is 0.338 e. The van der Waals surface area contributed by atoms with Crippen molar-refractivity contribution in [3.8, 4) is 11.5 Å². The lowest BCUT2D eigenvalue weighted by Gasteiger charge is -2.22. The van der Waals surface area contributed by atoms with Gasteiger partial charge in [-0.1, -0.05) is 23.4 Å². The molecule has 1 aliphatic carbocycles. The monoisotopic (exact) mass is 466 g/mol. The summed E-state index contributed by atoms with van der Waals surface area (Å²) in [4.78, 5) is 20.4. The molecular weight excluding hydrogens is 432 g/mol. The van der Waals surface area contributed by atoms with Gasteiger partial charge in [-0.05, 0) is 81.9 Å². The highest BCUT2D eigenvalue weighted by Crippen LogP contribution is 2.32. The first kappa shape index (κ1) is 24.1. The second-order valence-electron chi connectivity index (χ2n) is 8.87. The number of hydrogen-bond acceptors (Lipinski definition) is 7. The van der Waals surface area contributed by atoms with Crippen LogP contribution in [0.1, 0.15) is 54.4 Å². The largest absolute Gasteiger partial charge is 0.493 e. The Morgan fingerprint density at radius 2 is 1.82 bits per heavy atom. The van der Waals surface area contributed by atoms with Crippen molar-refractivity contribution in [1.82, 2.24) is 4.90 Å². The molecule has 2 fully saturated rings. The molecule has 1 saturated heterocycles. The Bertz CT molecular complexity index is 937. The average Bonchev–Trinajstić information content (AvgIpc) is 3.57. The molecule has 0 spiro atoms. The van der Waals surface area contributed by atoms with E-state index in [2.05, 4.69) is 10.1 Å². The minimum Gasteiger partial charge on any atom is -0.493 e. The molecule has 4 rings (SSSR count). The second-order valence-corrected chi connectivity index (χ2v) is 8.87. The van der Waals surface area contributed by atoms with Crippen molar-refractivity contribution < 1.29 is 23.8 Å². The molecule has 0 radical (unpaired) electrons. The van der Waals surface area contributed by atoms with E-state index in [1.54, 1.807) is 25.5 Å². The predicted octanol–water partition coefficient (Wildman–Crippen LogP) is 4.69. The molecule has 1 heterocycles. The molecule has 182 valence electrons. The van der Waals surface area contributed by atoms with Gasteiger partial charge in [-0.15, -0.1) is 0 Å². The third-order valence-corrected chi connectivity index (χ3v) is 6.26. The Labute approximate surface area is 201 Å². The van der Waals surface area contributed by atoms with Gasteiger partial charge >= 0.3 is 5.97 Å². The van der Waals surface area contributed by atoms with Gasteiger partial charge < -0.3 is 19.0 Å². The fourth-order valence-corrected chi connectivity index (χ4v) is 4.45. The van der Waals surface area contributed by atoms with Crippen LogP contribution >= 0.6 is 0 Å². The van der Waals surface area contributed by atoms with E-state index in [0.717, 1.165) is 37.2 Å². The quantitative estimate of drug-likeness (QED) is 0.272. The van der Waals surface area contributed by atoms with Crippen LogP contribution in [0.4, 0.5) is 0 Å². The van der Waals surface area contributed by atoms with Crippen LogP contribution in [0.25, 0.3) is 0 Å². The summed E-state index contributed by atoms with van der Waals surface area (Å²) in [5, 5.41) is 4.13. The van der Waals surface area contributed by atoms with Crippen LogP contribution in [0, 0.1) is 0 Å².